The van der Waals surface area contributed by atoms with Crippen molar-refractivity contribution in [3.63, 3.8) is 0 Å². The largest absolute Gasteiger partial charge is 0.490 e. The minimum absolute atomic E-state index is 0.0138. The number of rotatable bonds is 5. The lowest BCUT2D eigenvalue weighted by Gasteiger charge is -2.34. The smallest absolute Gasteiger partial charge is 0.138 e. The first-order chi connectivity index (χ1) is 16.5. The molecule has 0 spiro atoms. The number of nitriles is 1. The summed E-state index contributed by atoms with van der Waals surface area (Å²) in [6.45, 7) is 9.64. The van der Waals surface area contributed by atoms with Gasteiger partial charge in [-0.3, -0.25) is 0 Å². The van der Waals surface area contributed by atoms with Crippen molar-refractivity contribution in [3.8, 4) is 22.9 Å². The predicted octanol–water partition coefficient (Wildman–Crippen LogP) is 5.32. The standard InChI is InChI=1S/C28H30N4O2/c1-19(2)34-25-5-4-20(16-21(25)18-29)23-8-11-30-27-24(23)17-26(31-27)28(3)9-6-22(7-10-28)32-12-14-33-15-13-32/h4-9,11,16-17,19H,10,12-15H2,1-3H3,(H,30,31). The van der Waals surface area contributed by atoms with Gasteiger partial charge in [0.25, 0.3) is 0 Å². The molecule has 0 radical (unpaired) electrons. The second-order valence-electron chi connectivity index (χ2n) is 9.48. The van der Waals surface area contributed by atoms with Gasteiger partial charge in [-0.15, -0.1) is 0 Å². The van der Waals surface area contributed by atoms with Crippen LogP contribution in [0.15, 0.2) is 60.5 Å². The first-order valence-corrected chi connectivity index (χ1v) is 11.9. The lowest BCUT2D eigenvalue weighted by atomic mass is 9.80. The van der Waals surface area contributed by atoms with Gasteiger partial charge < -0.3 is 19.4 Å². The number of pyridine rings is 1. The molecule has 1 fully saturated rings. The van der Waals surface area contributed by atoms with Gasteiger partial charge in [-0.25, -0.2) is 4.98 Å². The molecule has 3 heterocycles. The van der Waals surface area contributed by atoms with Gasteiger partial charge in [-0.1, -0.05) is 25.1 Å². The third-order valence-corrected chi connectivity index (χ3v) is 6.65. The van der Waals surface area contributed by atoms with Crippen LogP contribution in [0.2, 0.25) is 0 Å². The van der Waals surface area contributed by atoms with E-state index in [1.54, 1.807) is 0 Å². The van der Waals surface area contributed by atoms with E-state index < -0.39 is 0 Å². The molecule has 0 amide bonds. The number of nitrogens with one attached hydrogen (secondary N) is 1. The van der Waals surface area contributed by atoms with Gasteiger partial charge in [-0.2, -0.15) is 5.26 Å². The number of ether oxygens (including phenoxy) is 2. The highest BCUT2D eigenvalue weighted by atomic mass is 16.5. The van der Waals surface area contributed by atoms with Crippen LogP contribution in [0, 0.1) is 11.3 Å². The molecule has 6 nitrogen and oxygen atoms in total. The van der Waals surface area contributed by atoms with Gasteiger partial charge in [-0.05, 0) is 61.7 Å². The van der Waals surface area contributed by atoms with Gasteiger partial charge in [0.1, 0.15) is 17.5 Å². The van der Waals surface area contributed by atoms with E-state index >= 15 is 0 Å². The Balaban J connectivity index is 1.46. The van der Waals surface area contributed by atoms with E-state index in [2.05, 4.69) is 52.2 Å². The minimum Gasteiger partial charge on any atom is -0.490 e. The fourth-order valence-electron chi connectivity index (χ4n) is 4.71. The highest BCUT2D eigenvalue weighted by Gasteiger charge is 2.29. The summed E-state index contributed by atoms with van der Waals surface area (Å²) in [4.78, 5) is 10.5. The van der Waals surface area contributed by atoms with E-state index in [1.165, 1.54) is 5.70 Å². The first kappa shape index (κ1) is 22.2. The van der Waals surface area contributed by atoms with Crippen LogP contribution in [-0.4, -0.2) is 47.3 Å². The second kappa shape index (κ2) is 9.00. The van der Waals surface area contributed by atoms with E-state index in [-0.39, 0.29) is 11.5 Å². The second-order valence-corrected chi connectivity index (χ2v) is 9.48. The molecule has 0 bridgehead atoms. The number of nitrogens with zero attached hydrogens (tertiary/aromatic N) is 3. The maximum Gasteiger partial charge on any atom is 0.138 e. The van der Waals surface area contributed by atoms with Crippen LogP contribution in [-0.2, 0) is 10.2 Å². The Morgan fingerprint density at radius 3 is 2.74 bits per heavy atom. The number of benzene rings is 1. The van der Waals surface area contributed by atoms with Crippen molar-refractivity contribution < 1.29 is 9.47 Å². The molecular formula is C28H30N4O2. The number of aromatic amines is 1. The quantitative estimate of drug-likeness (QED) is 0.565. The lowest BCUT2D eigenvalue weighted by Crippen LogP contribution is -2.36. The molecule has 2 aliphatic rings. The fraction of sp³-hybridized carbons (Fsp3) is 0.357. The number of allylic oxidation sites excluding steroid dienone is 3. The van der Waals surface area contributed by atoms with Crippen LogP contribution in [0.25, 0.3) is 22.2 Å². The van der Waals surface area contributed by atoms with Gasteiger partial charge in [0.05, 0.1) is 24.9 Å². The summed E-state index contributed by atoms with van der Waals surface area (Å²) in [5.74, 6) is 0.615. The lowest BCUT2D eigenvalue weighted by molar-refractivity contribution is 0.0550. The van der Waals surface area contributed by atoms with E-state index in [9.17, 15) is 5.26 Å². The molecule has 1 unspecified atom stereocenters. The number of fused-ring (bicyclic) bond motifs is 1. The van der Waals surface area contributed by atoms with E-state index in [4.69, 9.17) is 9.47 Å². The molecule has 2 aromatic heterocycles. The molecule has 3 aromatic rings. The topological polar surface area (TPSA) is 74.2 Å². The number of hydrogen-bond donors (Lipinski definition) is 1. The fourth-order valence-corrected chi connectivity index (χ4v) is 4.71. The molecule has 1 N–H and O–H groups in total. The third-order valence-electron chi connectivity index (χ3n) is 6.65. The molecular weight excluding hydrogens is 424 g/mol. The zero-order valence-electron chi connectivity index (χ0n) is 20.0. The van der Waals surface area contributed by atoms with Gasteiger partial charge >= 0.3 is 0 Å². The summed E-state index contributed by atoms with van der Waals surface area (Å²) in [7, 11) is 0. The van der Waals surface area contributed by atoms with E-state index in [0.717, 1.165) is 60.6 Å². The Labute approximate surface area is 200 Å². The monoisotopic (exact) mass is 454 g/mol. The van der Waals surface area contributed by atoms with Crippen molar-refractivity contribution in [2.45, 2.75) is 38.7 Å². The summed E-state index contributed by atoms with van der Waals surface area (Å²) in [6, 6.07) is 12.3. The van der Waals surface area contributed by atoms with Crippen molar-refractivity contribution in [2.24, 2.45) is 0 Å². The SMILES string of the molecule is CC(C)Oc1ccc(-c2ccnc3[nH]c(C4(C)C=CC(N5CCOCC5)=CC4)cc23)cc1C#N. The maximum atomic E-state index is 9.67. The van der Waals surface area contributed by atoms with Crippen LogP contribution in [0.5, 0.6) is 5.75 Å². The molecule has 1 aliphatic carbocycles. The van der Waals surface area contributed by atoms with Gasteiger partial charge in [0.15, 0.2) is 0 Å². The molecule has 6 heteroatoms. The molecule has 5 rings (SSSR count). The van der Waals surface area contributed by atoms with E-state index in [1.807, 2.05) is 44.3 Å². The Bertz CT molecular complexity index is 1310. The molecule has 1 atom stereocenters. The summed E-state index contributed by atoms with van der Waals surface area (Å²) < 4.78 is 11.3. The number of hydrogen-bond acceptors (Lipinski definition) is 5. The summed E-state index contributed by atoms with van der Waals surface area (Å²) in [5.41, 5.74) is 5.69. The van der Waals surface area contributed by atoms with Crippen LogP contribution in [0.4, 0.5) is 0 Å². The highest BCUT2D eigenvalue weighted by molar-refractivity contribution is 5.94. The zero-order chi connectivity index (χ0) is 23.7. The van der Waals surface area contributed by atoms with Crippen LogP contribution < -0.4 is 4.74 Å². The van der Waals surface area contributed by atoms with Gasteiger partial charge in [0.2, 0.25) is 0 Å². The Morgan fingerprint density at radius 2 is 2.03 bits per heavy atom. The van der Waals surface area contributed by atoms with Gasteiger partial charge in [0, 0.05) is 41.5 Å². The molecule has 1 aromatic carbocycles. The molecule has 1 aliphatic heterocycles. The Morgan fingerprint density at radius 1 is 1.21 bits per heavy atom. The number of aromatic nitrogens is 2. The average Bonchev–Trinajstić information content (AvgIpc) is 3.31. The Kier molecular flexibility index (Phi) is 5.89. The number of morpholine rings is 1. The van der Waals surface area contributed by atoms with Crippen LogP contribution in [0.3, 0.4) is 0 Å². The Hall–Kier alpha value is -3.56. The molecule has 174 valence electrons. The molecule has 1 saturated heterocycles. The average molecular weight is 455 g/mol. The van der Waals surface area contributed by atoms with Crippen molar-refractivity contribution in [2.75, 3.05) is 26.3 Å². The van der Waals surface area contributed by atoms with E-state index in [0.29, 0.717) is 11.3 Å². The van der Waals surface area contributed by atoms with Crippen molar-refractivity contribution >= 4 is 11.0 Å². The zero-order valence-corrected chi connectivity index (χ0v) is 20.0. The van der Waals surface area contributed by atoms with Crippen molar-refractivity contribution in [1.29, 1.82) is 5.26 Å². The molecule has 0 saturated carbocycles. The summed E-state index contributed by atoms with van der Waals surface area (Å²) >= 11 is 0. The highest BCUT2D eigenvalue weighted by Crippen LogP contribution is 2.38. The summed E-state index contributed by atoms with van der Waals surface area (Å²) in [5, 5.41) is 10.7. The van der Waals surface area contributed by atoms with Crippen LogP contribution >= 0.6 is 0 Å². The van der Waals surface area contributed by atoms with Crippen molar-refractivity contribution in [1.82, 2.24) is 14.9 Å². The van der Waals surface area contributed by atoms with Crippen molar-refractivity contribution in [3.05, 3.63) is 71.7 Å². The first-order valence-electron chi connectivity index (χ1n) is 11.9. The maximum absolute atomic E-state index is 9.67. The molecule has 34 heavy (non-hydrogen) atoms. The number of H-pyrrole nitrogens is 1. The summed E-state index contributed by atoms with van der Waals surface area (Å²) in [6.07, 6.45) is 9.61. The predicted molar refractivity (Wildman–Crippen MR) is 134 cm³/mol. The van der Waals surface area contributed by atoms with Crippen LogP contribution in [0.1, 0.15) is 38.4 Å². The minimum atomic E-state index is -0.138. The normalized spacial score (nSPS) is 20.4. The third kappa shape index (κ3) is 4.20.